The summed E-state index contributed by atoms with van der Waals surface area (Å²) < 4.78 is 5.28. The lowest BCUT2D eigenvalue weighted by atomic mass is 10.2. The molecule has 0 aliphatic heterocycles. The van der Waals surface area contributed by atoms with Gasteiger partial charge in [0.2, 0.25) is 11.6 Å². The minimum absolute atomic E-state index is 0.0185. The van der Waals surface area contributed by atoms with Gasteiger partial charge in [-0.05, 0) is 6.92 Å². The first kappa shape index (κ1) is 13.3. The molecule has 2 aromatic heterocycles. The van der Waals surface area contributed by atoms with Crippen LogP contribution in [-0.4, -0.2) is 27.0 Å². The summed E-state index contributed by atoms with van der Waals surface area (Å²) in [6, 6.07) is 0. The maximum absolute atomic E-state index is 11.2. The molecule has 0 saturated heterocycles. The van der Waals surface area contributed by atoms with Gasteiger partial charge in [0.25, 0.3) is 0 Å². The normalized spacial score (nSPS) is 10.7. The highest BCUT2D eigenvalue weighted by atomic mass is 35.5. The van der Waals surface area contributed by atoms with Crippen LogP contribution in [0.15, 0.2) is 4.42 Å². The summed E-state index contributed by atoms with van der Waals surface area (Å²) in [6.45, 7) is 2.80. The van der Waals surface area contributed by atoms with E-state index >= 15 is 0 Å². The van der Waals surface area contributed by atoms with E-state index in [1.807, 2.05) is 0 Å². The van der Waals surface area contributed by atoms with Gasteiger partial charge in [-0.25, -0.2) is 9.78 Å². The zero-order valence-corrected chi connectivity index (χ0v) is 10.9. The van der Waals surface area contributed by atoms with Crippen LogP contribution in [0.2, 0.25) is 0 Å². The zero-order valence-electron chi connectivity index (χ0n) is 10.2. The Morgan fingerprint density at radius 3 is 2.63 bits per heavy atom. The Kier molecular flexibility index (Phi) is 3.39. The van der Waals surface area contributed by atoms with Gasteiger partial charge in [0, 0.05) is 6.92 Å². The van der Waals surface area contributed by atoms with Crippen molar-refractivity contribution in [2.75, 3.05) is 5.32 Å². The van der Waals surface area contributed by atoms with Gasteiger partial charge in [-0.1, -0.05) is 0 Å². The van der Waals surface area contributed by atoms with E-state index in [4.69, 9.17) is 16.0 Å². The van der Waals surface area contributed by atoms with Crippen LogP contribution in [0.1, 0.15) is 28.9 Å². The monoisotopic (exact) mass is 283 g/mol. The van der Waals surface area contributed by atoms with E-state index in [1.165, 1.54) is 13.8 Å². The SMILES string of the molecule is CC(=O)Nc1nc(CCl)nc2oc(C)c(C(=O)O)c12. The molecule has 2 aromatic rings. The maximum atomic E-state index is 11.2. The third-order valence-electron chi connectivity index (χ3n) is 2.40. The quantitative estimate of drug-likeness (QED) is 0.834. The van der Waals surface area contributed by atoms with Gasteiger partial charge < -0.3 is 14.8 Å². The number of nitrogens with one attached hydrogen (secondary N) is 1. The molecule has 0 bridgehead atoms. The first-order chi connectivity index (χ1) is 8.93. The largest absolute Gasteiger partial charge is 0.478 e. The van der Waals surface area contributed by atoms with E-state index in [-0.39, 0.29) is 45.9 Å². The van der Waals surface area contributed by atoms with Gasteiger partial charge in [0.15, 0.2) is 0 Å². The fourth-order valence-corrected chi connectivity index (χ4v) is 1.85. The molecular weight excluding hydrogens is 274 g/mol. The number of carbonyl (C=O) groups is 2. The molecule has 0 atom stereocenters. The number of fused-ring (bicyclic) bond motifs is 1. The Hall–Kier alpha value is -2.15. The van der Waals surface area contributed by atoms with Crippen molar-refractivity contribution in [1.82, 2.24) is 9.97 Å². The smallest absolute Gasteiger partial charge is 0.340 e. The summed E-state index contributed by atoms with van der Waals surface area (Å²) in [5.74, 6) is -1.02. The fourth-order valence-electron chi connectivity index (χ4n) is 1.73. The van der Waals surface area contributed by atoms with Crippen LogP contribution in [0.4, 0.5) is 5.82 Å². The van der Waals surface area contributed by atoms with Crippen LogP contribution in [0.3, 0.4) is 0 Å². The highest BCUT2D eigenvalue weighted by Crippen LogP contribution is 2.30. The second kappa shape index (κ2) is 4.85. The Balaban J connectivity index is 2.80. The topological polar surface area (TPSA) is 105 Å². The van der Waals surface area contributed by atoms with E-state index in [0.29, 0.717) is 0 Å². The molecule has 2 N–H and O–H groups in total. The van der Waals surface area contributed by atoms with E-state index < -0.39 is 5.97 Å². The minimum atomic E-state index is -1.18. The average molecular weight is 284 g/mol. The van der Waals surface area contributed by atoms with Gasteiger partial charge in [0.1, 0.15) is 23.0 Å². The van der Waals surface area contributed by atoms with Crippen LogP contribution in [0.5, 0.6) is 0 Å². The van der Waals surface area contributed by atoms with Crippen LogP contribution in [0.25, 0.3) is 11.1 Å². The second-order valence-corrected chi connectivity index (χ2v) is 4.09. The van der Waals surface area contributed by atoms with Crippen molar-refractivity contribution in [3.8, 4) is 0 Å². The van der Waals surface area contributed by atoms with E-state index in [2.05, 4.69) is 15.3 Å². The van der Waals surface area contributed by atoms with Crippen LogP contribution in [-0.2, 0) is 10.7 Å². The number of aryl methyl sites for hydroxylation is 1. The standard InChI is InChI=1S/C11H10ClN3O4/c1-4-7(11(17)18)8-9(13-5(2)16)14-6(3-12)15-10(8)19-4/h3H2,1-2H3,(H,17,18)(H,13,14,15,16). The zero-order chi connectivity index (χ0) is 14.2. The summed E-state index contributed by atoms with van der Waals surface area (Å²) in [4.78, 5) is 30.4. The van der Waals surface area contributed by atoms with E-state index in [1.54, 1.807) is 0 Å². The highest BCUT2D eigenvalue weighted by Gasteiger charge is 2.23. The average Bonchev–Trinajstić information content (AvgIpc) is 2.64. The van der Waals surface area contributed by atoms with Crippen molar-refractivity contribution in [3.05, 3.63) is 17.1 Å². The number of hydrogen-bond donors (Lipinski definition) is 2. The molecule has 1 amide bonds. The Morgan fingerprint density at radius 1 is 1.42 bits per heavy atom. The number of aromatic nitrogens is 2. The first-order valence-electron chi connectivity index (χ1n) is 5.31. The Labute approximate surface area is 112 Å². The lowest BCUT2D eigenvalue weighted by molar-refractivity contribution is -0.114. The van der Waals surface area contributed by atoms with Crippen molar-refractivity contribution in [2.24, 2.45) is 0 Å². The highest BCUT2D eigenvalue weighted by molar-refractivity contribution is 6.17. The van der Waals surface area contributed by atoms with Gasteiger partial charge in [-0.3, -0.25) is 4.79 Å². The van der Waals surface area contributed by atoms with Gasteiger partial charge in [-0.15, -0.1) is 11.6 Å². The third-order valence-corrected chi connectivity index (χ3v) is 2.64. The summed E-state index contributed by atoms with van der Waals surface area (Å²) in [5, 5.41) is 11.8. The predicted octanol–water partition coefficient (Wildman–Crippen LogP) is 1.93. The van der Waals surface area contributed by atoms with Crippen molar-refractivity contribution in [3.63, 3.8) is 0 Å². The Morgan fingerprint density at radius 2 is 2.11 bits per heavy atom. The molecule has 100 valence electrons. The molecule has 0 aromatic carbocycles. The molecule has 7 nitrogen and oxygen atoms in total. The van der Waals surface area contributed by atoms with Crippen LogP contribution in [0, 0.1) is 6.92 Å². The molecular formula is C11H10ClN3O4. The number of furan rings is 1. The van der Waals surface area contributed by atoms with Crippen LogP contribution >= 0.6 is 11.6 Å². The van der Waals surface area contributed by atoms with Crippen molar-refractivity contribution in [2.45, 2.75) is 19.7 Å². The molecule has 2 heterocycles. The molecule has 2 rings (SSSR count). The third kappa shape index (κ3) is 2.37. The molecule has 0 radical (unpaired) electrons. The number of alkyl halides is 1. The molecule has 0 fully saturated rings. The summed E-state index contributed by atoms with van der Waals surface area (Å²) in [5.41, 5.74) is 0.0178. The number of carbonyl (C=O) groups excluding carboxylic acids is 1. The number of rotatable bonds is 3. The molecule has 8 heteroatoms. The number of hydrogen-bond acceptors (Lipinski definition) is 5. The molecule has 0 spiro atoms. The first-order valence-corrected chi connectivity index (χ1v) is 5.84. The minimum Gasteiger partial charge on any atom is -0.478 e. The lowest BCUT2D eigenvalue weighted by Crippen LogP contribution is -2.10. The maximum Gasteiger partial charge on any atom is 0.340 e. The van der Waals surface area contributed by atoms with Crippen molar-refractivity contribution < 1.29 is 19.1 Å². The Bertz CT molecular complexity index is 680. The number of carboxylic acid groups (broad SMARTS) is 1. The molecule has 0 aliphatic rings. The van der Waals surface area contributed by atoms with Gasteiger partial charge >= 0.3 is 5.97 Å². The summed E-state index contributed by atoms with van der Waals surface area (Å²) in [7, 11) is 0. The molecule has 0 aliphatic carbocycles. The van der Waals surface area contributed by atoms with Crippen molar-refractivity contribution >= 4 is 40.4 Å². The van der Waals surface area contributed by atoms with Gasteiger partial charge in [0.05, 0.1) is 11.3 Å². The second-order valence-electron chi connectivity index (χ2n) is 3.82. The number of amides is 1. The molecule has 19 heavy (non-hydrogen) atoms. The number of aromatic carboxylic acids is 1. The summed E-state index contributed by atoms with van der Waals surface area (Å²) in [6.07, 6.45) is 0. The molecule has 0 saturated carbocycles. The fraction of sp³-hybridized carbons (Fsp3) is 0.273. The van der Waals surface area contributed by atoms with Crippen molar-refractivity contribution in [1.29, 1.82) is 0 Å². The van der Waals surface area contributed by atoms with Crippen LogP contribution < -0.4 is 5.32 Å². The summed E-state index contributed by atoms with van der Waals surface area (Å²) >= 11 is 5.65. The number of nitrogens with zero attached hydrogens (tertiary/aromatic N) is 2. The van der Waals surface area contributed by atoms with Gasteiger partial charge in [-0.2, -0.15) is 4.98 Å². The van der Waals surface area contributed by atoms with E-state index in [0.717, 1.165) is 0 Å². The lowest BCUT2D eigenvalue weighted by Gasteiger charge is -2.04. The number of halogens is 1. The molecule has 0 unspecified atom stereocenters. The number of carboxylic acids is 1. The number of anilines is 1. The van der Waals surface area contributed by atoms with E-state index in [9.17, 15) is 14.7 Å². The predicted molar refractivity (Wildman–Crippen MR) is 67.4 cm³/mol.